The molecule has 0 radical (unpaired) electrons. The molecule has 21 heavy (non-hydrogen) atoms. The smallest absolute Gasteiger partial charge is 0.246 e. The van der Waals surface area contributed by atoms with E-state index in [1.165, 1.54) is 10.9 Å². The molecule has 0 bridgehead atoms. The van der Waals surface area contributed by atoms with E-state index in [9.17, 15) is 13.5 Å². The highest BCUT2D eigenvalue weighted by molar-refractivity contribution is 7.89. The van der Waals surface area contributed by atoms with Crippen LogP contribution in [0.15, 0.2) is 41.4 Å². The first-order valence-corrected chi connectivity index (χ1v) is 7.87. The molecule has 0 aliphatic heterocycles. The lowest BCUT2D eigenvalue weighted by Gasteiger charge is -2.16. The van der Waals surface area contributed by atoms with Gasteiger partial charge in [-0.25, -0.2) is 13.1 Å². The number of nitrogens with zero attached hydrogens (tertiary/aromatic N) is 2. The molecule has 0 saturated carbocycles. The van der Waals surface area contributed by atoms with Crippen LogP contribution in [0.3, 0.4) is 0 Å². The fraction of sp³-hybridized carbons (Fsp3) is 0.308. The molecule has 114 valence electrons. The third kappa shape index (κ3) is 3.81. The quantitative estimate of drug-likeness (QED) is 0.689. The Hall–Kier alpha value is -1.90. The molecule has 0 spiro atoms. The van der Waals surface area contributed by atoms with E-state index in [-0.39, 0.29) is 17.3 Å². The zero-order valence-corrected chi connectivity index (χ0v) is 12.4. The Bertz CT molecular complexity index is 697. The van der Waals surface area contributed by atoms with Crippen molar-refractivity contribution in [2.75, 3.05) is 12.3 Å². The molecule has 1 aromatic carbocycles. The van der Waals surface area contributed by atoms with Crippen molar-refractivity contribution in [1.82, 2.24) is 14.5 Å². The molecule has 0 aliphatic rings. The molecule has 2 aromatic rings. The number of aromatic nitrogens is 2. The molecule has 1 unspecified atom stereocenters. The third-order valence-electron chi connectivity index (χ3n) is 2.98. The number of aliphatic hydroxyl groups is 1. The van der Waals surface area contributed by atoms with Gasteiger partial charge in [0.2, 0.25) is 10.0 Å². The number of rotatable bonds is 6. The van der Waals surface area contributed by atoms with Crippen molar-refractivity contribution in [3.05, 3.63) is 42.1 Å². The highest BCUT2D eigenvalue weighted by Gasteiger charge is 2.24. The summed E-state index contributed by atoms with van der Waals surface area (Å²) < 4.78 is 28.3. The number of aliphatic hydroxyl groups excluding tert-OH is 1. The minimum atomic E-state index is -3.82. The van der Waals surface area contributed by atoms with Crippen LogP contribution in [0.4, 0.5) is 5.82 Å². The van der Waals surface area contributed by atoms with Crippen molar-refractivity contribution in [3.8, 4) is 0 Å². The average Bonchev–Trinajstić information content (AvgIpc) is 2.79. The molecular formula is C13H18N4O3S. The molecule has 0 saturated heterocycles. The maximum absolute atomic E-state index is 12.3. The van der Waals surface area contributed by atoms with E-state index in [4.69, 9.17) is 5.73 Å². The van der Waals surface area contributed by atoms with E-state index in [0.29, 0.717) is 6.42 Å². The number of hydrogen-bond acceptors (Lipinski definition) is 5. The molecule has 1 aromatic heterocycles. The Morgan fingerprint density at radius 1 is 1.38 bits per heavy atom. The van der Waals surface area contributed by atoms with Crippen LogP contribution in [0.25, 0.3) is 0 Å². The molecule has 1 atom stereocenters. The Morgan fingerprint density at radius 3 is 2.57 bits per heavy atom. The highest BCUT2D eigenvalue weighted by Crippen LogP contribution is 2.16. The third-order valence-corrected chi connectivity index (χ3v) is 4.52. The summed E-state index contributed by atoms with van der Waals surface area (Å²) in [6, 6.07) is 8.70. The molecule has 0 fully saturated rings. The van der Waals surface area contributed by atoms with Crippen molar-refractivity contribution in [3.63, 3.8) is 0 Å². The predicted octanol–water partition coefficient (Wildman–Crippen LogP) is -0.116. The van der Waals surface area contributed by atoms with Crippen molar-refractivity contribution in [2.24, 2.45) is 7.05 Å². The lowest BCUT2D eigenvalue weighted by atomic mass is 10.1. The number of benzene rings is 1. The molecular weight excluding hydrogens is 292 g/mol. The van der Waals surface area contributed by atoms with Gasteiger partial charge in [-0.1, -0.05) is 30.3 Å². The first-order chi connectivity index (χ1) is 9.92. The number of hydrogen-bond donors (Lipinski definition) is 3. The topological polar surface area (TPSA) is 110 Å². The Balaban J connectivity index is 2.16. The summed E-state index contributed by atoms with van der Waals surface area (Å²) in [5.74, 6) is -0.0681. The van der Waals surface area contributed by atoms with E-state index < -0.39 is 16.1 Å². The lowest BCUT2D eigenvalue weighted by molar-refractivity contribution is 0.256. The summed E-state index contributed by atoms with van der Waals surface area (Å²) >= 11 is 0. The monoisotopic (exact) mass is 310 g/mol. The molecule has 0 amide bonds. The van der Waals surface area contributed by atoms with Crippen LogP contribution in [-0.4, -0.2) is 36.0 Å². The number of aryl methyl sites for hydroxylation is 1. The minimum absolute atomic E-state index is 0.0681. The second-order valence-electron chi connectivity index (χ2n) is 4.74. The number of anilines is 1. The summed E-state index contributed by atoms with van der Waals surface area (Å²) in [4.78, 5) is -0.0866. The average molecular weight is 310 g/mol. The predicted molar refractivity (Wildman–Crippen MR) is 79.0 cm³/mol. The lowest BCUT2D eigenvalue weighted by Crippen LogP contribution is -2.39. The summed E-state index contributed by atoms with van der Waals surface area (Å²) in [6.07, 6.45) is 1.71. The summed E-state index contributed by atoms with van der Waals surface area (Å²) in [5.41, 5.74) is 6.51. The van der Waals surface area contributed by atoms with Gasteiger partial charge in [-0.05, 0) is 12.0 Å². The van der Waals surface area contributed by atoms with Gasteiger partial charge in [0.05, 0.1) is 6.61 Å². The van der Waals surface area contributed by atoms with Gasteiger partial charge in [-0.3, -0.25) is 4.68 Å². The Morgan fingerprint density at radius 2 is 2.05 bits per heavy atom. The highest BCUT2D eigenvalue weighted by atomic mass is 32.2. The first-order valence-electron chi connectivity index (χ1n) is 6.38. The van der Waals surface area contributed by atoms with Gasteiger partial charge in [-0.15, -0.1) is 0 Å². The van der Waals surface area contributed by atoms with E-state index in [0.717, 1.165) is 5.56 Å². The normalized spacial score (nSPS) is 13.2. The van der Waals surface area contributed by atoms with Gasteiger partial charge in [0.25, 0.3) is 0 Å². The van der Waals surface area contributed by atoms with Gasteiger partial charge < -0.3 is 10.8 Å². The summed E-state index contributed by atoms with van der Waals surface area (Å²) in [6.45, 7) is -0.311. The van der Waals surface area contributed by atoms with Gasteiger partial charge in [0, 0.05) is 19.3 Å². The maximum atomic E-state index is 12.3. The molecule has 0 aliphatic carbocycles. The van der Waals surface area contributed by atoms with Gasteiger partial charge in [-0.2, -0.15) is 5.10 Å². The number of nitrogens with two attached hydrogens (primary N) is 1. The Kier molecular flexibility index (Phi) is 4.61. The fourth-order valence-electron chi connectivity index (χ4n) is 2.02. The van der Waals surface area contributed by atoms with E-state index in [1.54, 1.807) is 7.05 Å². The van der Waals surface area contributed by atoms with Crippen LogP contribution in [0.1, 0.15) is 5.56 Å². The second kappa shape index (κ2) is 6.25. The van der Waals surface area contributed by atoms with E-state index in [2.05, 4.69) is 9.82 Å². The van der Waals surface area contributed by atoms with Gasteiger partial charge in [0.1, 0.15) is 4.90 Å². The maximum Gasteiger partial charge on any atom is 0.246 e. The van der Waals surface area contributed by atoms with Crippen LogP contribution >= 0.6 is 0 Å². The van der Waals surface area contributed by atoms with E-state index in [1.807, 2.05) is 30.3 Å². The standard InChI is InChI=1S/C13H18N4O3S/c1-17-8-12(13(14)15-17)21(19,20)16-11(9-18)7-10-5-3-2-4-6-10/h2-6,8,11,16,18H,7,9H2,1H3,(H2,14,15). The second-order valence-corrected chi connectivity index (χ2v) is 6.43. The molecule has 8 heteroatoms. The van der Waals surface area contributed by atoms with Crippen molar-refractivity contribution < 1.29 is 13.5 Å². The molecule has 4 N–H and O–H groups in total. The molecule has 7 nitrogen and oxygen atoms in total. The Labute approximate surface area is 123 Å². The van der Waals surface area contributed by atoms with Crippen molar-refractivity contribution in [2.45, 2.75) is 17.4 Å². The zero-order valence-electron chi connectivity index (χ0n) is 11.6. The zero-order chi connectivity index (χ0) is 15.5. The van der Waals surface area contributed by atoms with Crippen molar-refractivity contribution >= 4 is 15.8 Å². The SMILES string of the molecule is Cn1cc(S(=O)(=O)NC(CO)Cc2ccccc2)c(N)n1. The van der Waals surface area contributed by atoms with Crippen LogP contribution in [0, 0.1) is 0 Å². The van der Waals surface area contributed by atoms with Crippen LogP contribution < -0.4 is 10.5 Å². The minimum Gasteiger partial charge on any atom is -0.395 e. The number of nitrogen functional groups attached to an aromatic ring is 1. The first kappa shape index (κ1) is 15.5. The van der Waals surface area contributed by atoms with Gasteiger partial charge in [0.15, 0.2) is 5.82 Å². The number of sulfonamides is 1. The largest absolute Gasteiger partial charge is 0.395 e. The van der Waals surface area contributed by atoms with Crippen molar-refractivity contribution in [1.29, 1.82) is 0 Å². The number of nitrogens with one attached hydrogen (secondary N) is 1. The summed E-state index contributed by atoms with van der Waals surface area (Å²) in [5, 5.41) is 13.2. The summed E-state index contributed by atoms with van der Waals surface area (Å²) in [7, 11) is -2.23. The molecule has 2 rings (SSSR count). The van der Waals surface area contributed by atoms with Gasteiger partial charge >= 0.3 is 0 Å². The van der Waals surface area contributed by atoms with Crippen LogP contribution in [0.5, 0.6) is 0 Å². The van der Waals surface area contributed by atoms with Crippen LogP contribution in [0.2, 0.25) is 0 Å². The van der Waals surface area contributed by atoms with E-state index >= 15 is 0 Å². The van der Waals surface area contributed by atoms with Crippen LogP contribution in [-0.2, 0) is 23.5 Å². The molecule has 1 heterocycles. The fourth-order valence-corrected chi connectivity index (χ4v) is 3.35.